The molecule has 0 aromatic heterocycles. The number of likely N-dealkylation sites (N-methyl/N-ethyl adjacent to an activating group) is 1. The quantitative estimate of drug-likeness (QED) is 0.896. The van der Waals surface area contributed by atoms with Crippen molar-refractivity contribution in [3.63, 3.8) is 0 Å². The van der Waals surface area contributed by atoms with E-state index in [1.807, 2.05) is 6.92 Å². The van der Waals surface area contributed by atoms with Gasteiger partial charge in [0.25, 0.3) is 5.91 Å². The minimum atomic E-state index is -3.36. The Morgan fingerprint density at radius 1 is 1.33 bits per heavy atom. The molecule has 6 heteroatoms. The maximum absolute atomic E-state index is 12.6. The number of sulfone groups is 1. The van der Waals surface area contributed by atoms with Gasteiger partial charge >= 0.3 is 0 Å². The van der Waals surface area contributed by atoms with Crippen molar-refractivity contribution < 1.29 is 18.3 Å². The largest absolute Gasteiger partial charge is 0.389 e. The summed E-state index contributed by atoms with van der Waals surface area (Å²) >= 11 is 0. The molecule has 0 atom stereocenters. The van der Waals surface area contributed by atoms with Crippen LogP contribution in [0.15, 0.2) is 23.1 Å². The Labute approximate surface area is 126 Å². The molecule has 0 saturated heterocycles. The van der Waals surface area contributed by atoms with Crippen molar-refractivity contribution in [2.24, 2.45) is 0 Å². The van der Waals surface area contributed by atoms with Crippen molar-refractivity contribution in [1.29, 1.82) is 0 Å². The summed E-state index contributed by atoms with van der Waals surface area (Å²) in [4.78, 5) is 14.2. The van der Waals surface area contributed by atoms with Crippen molar-refractivity contribution in [2.75, 3.05) is 19.3 Å². The Kier molecular flexibility index (Phi) is 5.17. The zero-order chi connectivity index (χ0) is 16.4. The van der Waals surface area contributed by atoms with Crippen molar-refractivity contribution in [3.05, 3.63) is 29.3 Å². The molecule has 1 aromatic carbocycles. The van der Waals surface area contributed by atoms with Crippen LogP contribution in [0.1, 0.15) is 36.7 Å². The first-order valence-corrected chi connectivity index (χ1v) is 8.67. The number of aliphatic hydroxyl groups is 1. The van der Waals surface area contributed by atoms with E-state index in [9.17, 15) is 18.3 Å². The van der Waals surface area contributed by atoms with E-state index in [2.05, 4.69) is 0 Å². The second-order valence-electron chi connectivity index (χ2n) is 5.88. The number of carbonyl (C=O) groups excluding carboxylic acids is 1. The number of carbonyl (C=O) groups is 1. The van der Waals surface area contributed by atoms with E-state index in [1.54, 1.807) is 26.8 Å². The number of benzene rings is 1. The van der Waals surface area contributed by atoms with E-state index < -0.39 is 15.4 Å². The second-order valence-corrected chi connectivity index (χ2v) is 7.90. The Morgan fingerprint density at radius 2 is 1.90 bits per heavy atom. The third-order valence-corrected chi connectivity index (χ3v) is 4.22. The minimum absolute atomic E-state index is 0.121. The predicted octanol–water partition coefficient (Wildman–Crippen LogP) is 1.63. The second kappa shape index (κ2) is 6.15. The highest BCUT2D eigenvalue weighted by Gasteiger charge is 2.24. The third kappa shape index (κ3) is 4.82. The number of rotatable bonds is 5. The molecule has 0 saturated carbocycles. The highest BCUT2D eigenvalue weighted by molar-refractivity contribution is 7.90. The third-order valence-electron chi connectivity index (χ3n) is 3.11. The van der Waals surface area contributed by atoms with Gasteiger partial charge < -0.3 is 10.0 Å². The molecule has 1 amide bonds. The molecule has 1 rings (SSSR count). The van der Waals surface area contributed by atoms with E-state index in [-0.39, 0.29) is 17.3 Å². The van der Waals surface area contributed by atoms with Crippen LogP contribution in [0, 0.1) is 6.92 Å². The highest BCUT2D eigenvalue weighted by atomic mass is 32.2. The lowest BCUT2D eigenvalue weighted by atomic mass is 10.1. The topological polar surface area (TPSA) is 74.7 Å². The van der Waals surface area contributed by atoms with Gasteiger partial charge in [-0.25, -0.2) is 8.42 Å². The van der Waals surface area contributed by atoms with Crippen LogP contribution in [0.25, 0.3) is 0 Å². The Morgan fingerprint density at radius 3 is 2.33 bits per heavy atom. The molecular weight excluding hydrogens is 290 g/mol. The molecule has 0 aliphatic rings. The molecule has 0 spiro atoms. The summed E-state index contributed by atoms with van der Waals surface area (Å²) in [6.45, 7) is 7.46. The molecule has 0 unspecified atom stereocenters. The summed E-state index contributed by atoms with van der Waals surface area (Å²) in [6, 6.07) is 4.52. The van der Waals surface area contributed by atoms with Crippen LogP contribution < -0.4 is 0 Å². The Bertz CT molecular complexity index is 630. The van der Waals surface area contributed by atoms with Gasteiger partial charge in [0.1, 0.15) is 0 Å². The van der Waals surface area contributed by atoms with Crippen LogP contribution in [-0.2, 0) is 9.84 Å². The van der Waals surface area contributed by atoms with Crippen molar-refractivity contribution >= 4 is 15.7 Å². The zero-order valence-electron chi connectivity index (χ0n) is 13.2. The molecular formula is C15H23NO4S. The summed E-state index contributed by atoms with van der Waals surface area (Å²) in [7, 11) is -3.36. The normalized spacial score (nSPS) is 12.3. The van der Waals surface area contributed by atoms with E-state index in [0.717, 1.165) is 6.26 Å². The molecule has 1 N–H and O–H groups in total. The van der Waals surface area contributed by atoms with Gasteiger partial charge in [-0.3, -0.25) is 4.79 Å². The van der Waals surface area contributed by atoms with Gasteiger partial charge in [0.05, 0.1) is 10.5 Å². The van der Waals surface area contributed by atoms with E-state index in [4.69, 9.17) is 0 Å². The summed E-state index contributed by atoms with van der Waals surface area (Å²) in [6.07, 6.45) is 1.11. The van der Waals surface area contributed by atoms with Gasteiger partial charge in [-0.1, -0.05) is 6.07 Å². The minimum Gasteiger partial charge on any atom is -0.389 e. The van der Waals surface area contributed by atoms with Gasteiger partial charge in [-0.05, 0) is 45.4 Å². The summed E-state index contributed by atoms with van der Waals surface area (Å²) in [5, 5.41) is 9.88. The van der Waals surface area contributed by atoms with Gasteiger partial charge in [-0.2, -0.15) is 0 Å². The molecule has 5 nitrogen and oxygen atoms in total. The van der Waals surface area contributed by atoms with Crippen LogP contribution in [0.3, 0.4) is 0 Å². The number of hydrogen-bond acceptors (Lipinski definition) is 4. The smallest absolute Gasteiger partial charge is 0.254 e. The number of amides is 1. The molecule has 0 heterocycles. The predicted molar refractivity (Wildman–Crippen MR) is 82.2 cm³/mol. The van der Waals surface area contributed by atoms with Gasteiger partial charge in [-0.15, -0.1) is 0 Å². The van der Waals surface area contributed by atoms with Crippen molar-refractivity contribution in [2.45, 2.75) is 38.2 Å². The summed E-state index contributed by atoms with van der Waals surface area (Å²) in [5.41, 5.74) is 0.0548. The van der Waals surface area contributed by atoms with Gasteiger partial charge in [0.2, 0.25) is 0 Å². The maximum Gasteiger partial charge on any atom is 0.254 e. The molecule has 0 bridgehead atoms. The molecule has 0 fully saturated rings. The van der Waals surface area contributed by atoms with Gasteiger partial charge in [0, 0.05) is 24.9 Å². The molecule has 0 aliphatic carbocycles. The fraction of sp³-hybridized carbons (Fsp3) is 0.533. The first kappa shape index (κ1) is 17.7. The first-order valence-electron chi connectivity index (χ1n) is 6.78. The number of hydrogen-bond donors (Lipinski definition) is 1. The maximum atomic E-state index is 12.6. The monoisotopic (exact) mass is 313 g/mol. The van der Waals surface area contributed by atoms with E-state index in [1.165, 1.54) is 17.0 Å². The van der Waals surface area contributed by atoms with E-state index in [0.29, 0.717) is 17.7 Å². The fourth-order valence-corrected chi connectivity index (χ4v) is 2.67. The molecule has 0 radical (unpaired) electrons. The molecule has 118 valence electrons. The van der Waals surface area contributed by atoms with Crippen LogP contribution >= 0.6 is 0 Å². The lowest BCUT2D eigenvalue weighted by Gasteiger charge is -2.28. The van der Waals surface area contributed by atoms with Gasteiger partial charge in [0.15, 0.2) is 9.84 Å². The summed E-state index contributed by atoms with van der Waals surface area (Å²) in [5.74, 6) is -0.275. The lowest BCUT2D eigenvalue weighted by molar-refractivity contribution is 0.0314. The molecule has 0 aliphatic heterocycles. The SMILES string of the molecule is CCN(CC(C)(C)O)C(=O)c1cc(S(C)(=O)=O)ccc1C. The summed E-state index contributed by atoms with van der Waals surface area (Å²) < 4.78 is 23.2. The lowest BCUT2D eigenvalue weighted by Crippen LogP contribution is -2.42. The van der Waals surface area contributed by atoms with Crippen molar-refractivity contribution in [1.82, 2.24) is 4.90 Å². The fourth-order valence-electron chi connectivity index (χ4n) is 2.03. The van der Waals surface area contributed by atoms with Crippen LogP contribution in [-0.4, -0.2) is 49.3 Å². The highest BCUT2D eigenvalue weighted by Crippen LogP contribution is 2.18. The van der Waals surface area contributed by atoms with E-state index >= 15 is 0 Å². The van der Waals surface area contributed by atoms with Crippen LogP contribution in [0.2, 0.25) is 0 Å². The Hall–Kier alpha value is -1.40. The number of aryl methyl sites for hydroxylation is 1. The average molecular weight is 313 g/mol. The standard InChI is InChI=1S/C15H23NO4S/c1-6-16(10-15(3,4)18)14(17)13-9-12(21(5,19)20)8-7-11(13)2/h7-9,18H,6,10H2,1-5H3. The van der Waals surface area contributed by atoms with Crippen LogP contribution in [0.4, 0.5) is 0 Å². The zero-order valence-corrected chi connectivity index (χ0v) is 14.0. The molecule has 21 heavy (non-hydrogen) atoms. The Balaban J connectivity index is 3.22. The van der Waals surface area contributed by atoms with Crippen molar-refractivity contribution in [3.8, 4) is 0 Å². The number of nitrogens with zero attached hydrogens (tertiary/aromatic N) is 1. The van der Waals surface area contributed by atoms with Crippen LogP contribution in [0.5, 0.6) is 0 Å². The average Bonchev–Trinajstić information content (AvgIpc) is 2.33. The molecule has 1 aromatic rings. The first-order chi connectivity index (χ1) is 9.45.